The molecule has 0 aromatic heterocycles. The van der Waals surface area contributed by atoms with Gasteiger partial charge in [0.1, 0.15) is 22.8 Å². The molecule has 0 unspecified atom stereocenters. The fraction of sp³-hybridized carbons (Fsp3) is 0.458. The Balaban J connectivity index is 1.66. The fourth-order valence-electron chi connectivity index (χ4n) is 4.05. The highest BCUT2D eigenvalue weighted by Gasteiger charge is 2.27. The van der Waals surface area contributed by atoms with E-state index >= 15 is 0 Å². The third-order valence-corrected chi connectivity index (χ3v) is 5.84. The molecule has 0 amide bonds. The minimum Gasteiger partial charge on any atom is -0.497 e. The Bertz CT molecular complexity index is 919. The van der Waals surface area contributed by atoms with Gasteiger partial charge < -0.3 is 24.1 Å². The first-order valence-corrected chi connectivity index (χ1v) is 10.6. The van der Waals surface area contributed by atoms with Gasteiger partial charge in [-0.3, -0.25) is 9.80 Å². The first-order valence-electron chi connectivity index (χ1n) is 10.6. The van der Waals surface area contributed by atoms with Gasteiger partial charge in [-0.05, 0) is 23.8 Å². The topological polar surface area (TPSA) is 80.7 Å². The van der Waals surface area contributed by atoms with Gasteiger partial charge in [0.2, 0.25) is 0 Å². The summed E-state index contributed by atoms with van der Waals surface area (Å²) in [6.07, 6.45) is 0. The minimum absolute atomic E-state index is 0.00629. The molecular weight excluding hydrogens is 412 g/mol. The van der Waals surface area contributed by atoms with E-state index in [4.69, 9.17) is 18.9 Å². The van der Waals surface area contributed by atoms with Crippen LogP contribution >= 0.6 is 0 Å². The number of aliphatic hydroxyl groups is 1. The first kappa shape index (κ1) is 23.8. The van der Waals surface area contributed by atoms with Crippen molar-refractivity contribution in [1.29, 1.82) is 0 Å². The molecule has 1 fully saturated rings. The van der Waals surface area contributed by atoms with Gasteiger partial charge >= 0.3 is 5.97 Å². The highest BCUT2D eigenvalue weighted by molar-refractivity contribution is 5.92. The summed E-state index contributed by atoms with van der Waals surface area (Å²) in [6.45, 7) is 3.87. The smallest absolute Gasteiger partial charge is 0.341 e. The molecular formula is C24H32N2O6. The quantitative estimate of drug-likeness (QED) is 0.590. The normalized spacial score (nSPS) is 17.1. The van der Waals surface area contributed by atoms with Crippen molar-refractivity contribution >= 4 is 5.97 Å². The number of ether oxygens (including phenoxy) is 4. The predicted molar refractivity (Wildman–Crippen MR) is 120 cm³/mol. The molecule has 1 saturated heterocycles. The standard InChI is InChI=1S/C24H32N2O6/c1-29-20-7-6-18(22(12-20)30-2)14-26-10-9-25(15-19(26)16-27)13-17-5-8-21(24(28)32-4)23(11-17)31-3/h5-8,11-12,19,27H,9-10,13-16H2,1-4H3/t19-/m1/s1. The first-order chi connectivity index (χ1) is 15.5. The van der Waals surface area contributed by atoms with Crippen molar-refractivity contribution in [1.82, 2.24) is 9.80 Å². The maximum Gasteiger partial charge on any atom is 0.341 e. The molecule has 0 bridgehead atoms. The maximum atomic E-state index is 11.9. The molecule has 8 heteroatoms. The molecule has 2 aromatic carbocycles. The molecule has 32 heavy (non-hydrogen) atoms. The molecule has 3 rings (SSSR count). The largest absolute Gasteiger partial charge is 0.497 e. The fourth-order valence-corrected chi connectivity index (χ4v) is 4.05. The number of piperazine rings is 1. The molecule has 1 aliphatic heterocycles. The van der Waals surface area contributed by atoms with Crippen LogP contribution in [0.2, 0.25) is 0 Å². The molecule has 1 atom stereocenters. The second kappa shape index (κ2) is 11.2. The summed E-state index contributed by atoms with van der Waals surface area (Å²) in [7, 11) is 6.18. The highest BCUT2D eigenvalue weighted by atomic mass is 16.5. The number of methoxy groups -OCH3 is 4. The van der Waals surface area contributed by atoms with E-state index in [-0.39, 0.29) is 12.6 Å². The van der Waals surface area contributed by atoms with Gasteiger partial charge in [-0.1, -0.05) is 12.1 Å². The van der Waals surface area contributed by atoms with Crippen LogP contribution in [0.3, 0.4) is 0 Å². The average Bonchev–Trinajstić information content (AvgIpc) is 2.84. The summed E-state index contributed by atoms with van der Waals surface area (Å²) in [5.74, 6) is 1.61. The Morgan fingerprint density at radius 3 is 2.41 bits per heavy atom. The van der Waals surface area contributed by atoms with Crippen molar-refractivity contribution in [2.45, 2.75) is 19.1 Å². The van der Waals surface area contributed by atoms with Crippen LogP contribution < -0.4 is 14.2 Å². The van der Waals surface area contributed by atoms with Crippen LogP contribution in [-0.4, -0.2) is 81.6 Å². The zero-order chi connectivity index (χ0) is 23.1. The maximum absolute atomic E-state index is 11.9. The van der Waals surface area contributed by atoms with Crippen molar-refractivity contribution in [2.75, 3.05) is 54.7 Å². The van der Waals surface area contributed by atoms with Crippen LogP contribution in [0.4, 0.5) is 0 Å². The molecule has 0 radical (unpaired) electrons. The van der Waals surface area contributed by atoms with Crippen LogP contribution in [0, 0.1) is 0 Å². The summed E-state index contributed by atoms with van der Waals surface area (Å²) in [5.41, 5.74) is 2.50. The molecule has 1 aliphatic rings. The number of nitrogens with zero attached hydrogens (tertiary/aromatic N) is 2. The lowest BCUT2D eigenvalue weighted by atomic mass is 10.1. The van der Waals surface area contributed by atoms with Gasteiger partial charge in [-0.2, -0.15) is 0 Å². The number of benzene rings is 2. The molecule has 0 spiro atoms. The predicted octanol–water partition coefficient (Wildman–Crippen LogP) is 2.18. The second-order valence-electron chi connectivity index (χ2n) is 7.75. The van der Waals surface area contributed by atoms with E-state index in [0.717, 1.165) is 42.3 Å². The lowest BCUT2D eigenvalue weighted by Gasteiger charge is -2.41. The monoisotopic (exact) mass is 444 g/mol. The van der Waals surface area contributed by atoms with Crippen molar-refractivity contribution in [3.63, 3.8) is 0 Å². The van der Waals surface area contributed by atoms with Crippen molar-refractivity contribution in [3.8, 4) is 17.2 Å². The highest BCUT2D eigenvalue weighted by Crippen LogP contribution is 2.28. The van der Waals surface area contributed by atoms with E-state index in [2.05, 4.69) is 9.80 Å². The second-order valence-corrected chi connectivity index (χ2v) is 7.75. The van der Waals surface area contributed by atoms with Crippen LogP contribution in [0.1, 0.15) is 21.5 Å². The van der Waals surface area contributed by atoms with E-state index < -0.39 is 5.97 Å². The average molecular weight is 445 g/mol. The van der Waals surface area contributed by atoms with Gasteiger partial charge in [0, 0.05) is 50.4 Å². The SMILES string of the molecule is COC(=O)c1ccc(CN2CCN(Cc3ccc(OC)cc3OC)[C@@H](CO)C2)cc1OC. The zero-order valence-electron chi connectivity index (χ0n) is 19.2. The van der Waals surface area contributed by atoms with E-state index in [9.17, 15) is 9.90 Å². The van der Waals surface area contributed by atoms with Gasteiger partial charge in [-0.25, -0.2) is 4.79 Å². The minimum atomic E-state index is -0.420. The number of carbonyl (C=O) groups is 1. The summed E-state index contributed by atoms with van der Waals surface area (Å²) < 4.78 is 21.0. The Hall–Kier alpha value is -2.81. The van der Waals surface area contributed by atoms with Crippen LogP contribution in [0.25, 0.3) is 0 Å². The summed E-state index contributed by atoms with van der Waals surface area (Å²) >= 11 is 0. The third kappa shape index (κ3) is 5.51. The van der Waals surface area contributed by atoms with E-state index in [0.29, 0.717) is 24.4 Å². The van der Waals surface area contributed by atoms with Crippen molar-refractivity contribution in [2.24, 2.45) is 0 Å². The van der Waals surface area contributed by atoms with Crippen LogP contribution in [0.15, 0.2) is 36.4 Å². The van der Waals surface area contributed by atoms with Gasteiger partial charge in [0.05, 0.1) is 35.0 Å². The number of esters is 1. The van der Waals surface area contributed by atoms with Gasteiger partial charge in [0.15, 0.2) is 0 Å². The summed E-state index contributed by atoms with van der Waals surface area (Å²) in [6, 6.07) is 11.3. The van der Waals surface area contributed by atoms with E-state index in [1.54, 1.807) is 27.4 Å². The number of hydrogen-bond donors (Lipinski definition) is 1. The van der Waals surface area contributed by atoms with Crippen LogP contribution in [0.5, 0.6) is 17.2 Å². The van der Waals surface area contributed by atoms with Crippen molar-refractivity contribution < 1.29 is 28.8 Å². The molecule has 1 N–H and O–H groups in total. The lowest BCUT2D eigenvalue weighted by Crippen LogP contribution is -2.53. The molecule has 0 saturated carbocycles. The Labute approximate surface area is 189 Å². The Kier molecular flexibility index (Phi) is 8.33. The summed E-state index contributed by atoms with van der Waals surface area (Å²) in [5, 5.41) is 10.0. The molecule has 8 nitrogen and oxygen atoms in total. The molecule has 2 aromatic rings. The Morgan fingerprint density at radius 2 is 1.75 bits per heavy atom. The van der Waals surface area contributed by atoms with Crippen molar-refractivity contribution in [3.05, 3.63) is 53.1 Å². The Morgan fingerprint density at radius 1 is 0.969 bits per heavy atom. The molecule has 0 aliphatic carbocycles. The van der Waals surface area contributed by atoms with Gasteiger partial charge in [0.25, 0.3) is 0 Å². The third-order valence-electron chi connectivity index (χ3n) is 5.84. The number of hydrogen-bond acceptors (Lipinski definition) is 8. The number of rotatable bonds is 9. The lowest BCUT2D eigenvalue weighted by molar-refractivity contribution is 0.0311. The molecule has 1 heterocycles. The number of carbonyl (C=O) groups excluding carboxylic acids is 1. The van der Waals surface area contributed by atoms with E-state index in [1.807, 2.05) is 30.3 Å². The van der Waals surface area contributed by atoms with Gasteiger partial charge in [-0.15, -0.1) is 0 Å². The molecule has 174 valence electrons. The van der Waals surface area contributed by atoms with Crippen LogP contribution in [-0.2, 0) is 17.8 Å². The summed E-state index contributed by atoms with van der Waals surface area (Å²) in [4.78, 5) is 16.5. The van der Waals surface area contributed by atoms with E-state index in [1.165, 1.54) is 7.11 Å². The zero-order valence-corrected chi connectivity index (χ0v) is 19.2. The number of aliphatic hydroxyl groups excluding tert-OH is 1.